The highest BCUT2D eigenvalue weighted by Gasteiger charge is 2.20. The summed E-state index contributed by atoms with van der Waals surface area (Å²) in [5.74, 6) is 4.42. The highest BCUT2D eigenvalue weighted by Crippen LogP contribution is 2.24. The number of nitrogens with zero attached hydrogens (tertiary/aromatic N) is 1. The number of rotatable bonds is 3. The number of methoxy groups -OCH3 is 1. The van der Waals surface area contributed by atoms with E-state index in [4.69, 9.17) is 0 Å². The summed E-state index contributed by atoms with van der Waals surface area (Å²) < 4.78 is 4.60. The van der Waals surface area contributed by atoms with Crippen molar-refractivity contribution in [3.05, 3.63) is 38.9 Å². The SMILES string of the molecule is COC(=O)c1cc(C#CCNC(C)=O)cc([N+](=O)[O-])c1C. The largest absolute Gasteiger partial charge is 0.465 e. The predicted molar refractivity (Wildman–Crippen MR) is 74.7 cm³/mol. The molecule has 7 heteroatoms. The van der Waals surface area contributed by atoms with Gasteiger partial charge < -0.3 is 10.1 Å². The maximum absolute atomic E-state index is 11.6. The number of carbonyl (C=O) groups excluding carboxylic acids is 2. The number of esters is 1. The topological polar surface area (TPSA) is 98.5 Å². The van der Waals surface area contributed by atoms with E-state index in [2.05, 4.69) is 21.9 Å². The molecule has 0 fully saturated rings. The second-order valence-corrected chi connectivity index (χ2v) is 4.13. The van der Waals surface area contributed by atoms with E-state index in [0.29, 0.717) is 5.56 Å². The number of benzene rings is 1. The Hall–Kier alpha value is -2.88. The summed E-state index contributed by atoms with van der Waals surface area (Å²) in [6.07, 6.45) is 0. The van der Waals surface area contributed by atoms with Gasteiger partial charge in [0.15, 0.2) is 0 Å². The van der Waals surface area contributed by atoms with Crippen LogP contribution in [0.15, 0.2) is 12.1 Å². The minimum Gasteiger partial charge on any atom is -0.465 e. The van der Waals surface area contributed by atoms with E-state index in [0.717, 1.165) is 0 Å². The quantitative estimate of drug-likeness (QED) is 0.390. The normalized spacial score (nSPS) is 9.29. The number of nitrogens with one attached hydrogen (secondary N) is 1. The average molecular weight is 290 g/mol. The van der Waals surface area contributed by atoms with E-state index in [-0.39, 0.29) is 29.3 Å². The van der Waals surface area contributed by atoms with E-state index >= 15 is 0 Å². The van der Waals surface area contributed by atoms with Gasteiger partial charge in [0, 0.05) is 24.1 Å². The molecule has 0 aliphatic heterocycles. The molecule has 7 nitrogen and oxygen atoms in total. The van der Waals surface area contributed by atoms with Crippen LogP contribution in [0.2, 0.25) is 0 Å². The zero-order valence-corrected chi connectivity index (χ0v) is 11.9. The van der Waals surface area contributed by atoms with Crippen molar-refractivity contribution < 1.29 is 19.2 Å². The lowest BCUT2D eigenvalue weighted by atomic mass is 10.0. The molecule has 0 saturated carbocycles. The van der Waals surface area contributed by atoms with Crippen LogP contribution in [0.4, 0.5) is 5.69 Å². The van der Waals surface area contributed by atoms with Crippen molar-refractivity contribution in [3.63, 3.8) is 0 Å². The van der Waals surface area contributed by atoms with Gasteiger partial charge in [-0.3, -0.25) is 14.9 Å². The summed E-state index contributed by atoms with van der Waals surface area (Å²) in [5, 5.41) is 13.5. The van der Waals surface area contributed by atoms with Crippen LogP contribution in [0.1, 0.15) is 28.4 Å². The number of amides is 1. The van der Waals surface area contributed by atoms with Crippen LogP contribution in [0.25, 0.3) is 0 Å². The standard InChI is InChI=1S/C14H14N2O5/c1-9-12(14(18)21-3)7-11(8-13(9)16(19)20)5-4-6-15-10(2)17/h7-8H,6H2,1-3H3,(H,15,17). The maximum atomic E-state index is 11.6. The third-order valence-corrected chi connectivity index (χ3v) is 2.64. The first-order valence-electron chi connectivity index (χ1n) is 5.97. The van der Waals surface area contributed by atoms with E-state index in [9.17, 15) is 19.7 Å². The molecule has 0 aromatic heterocycles. The zero-order chi connectivity index (χ0) is 16.0. The first-order valence-corrected chi connectivity index (χ1v) is 5.97. The van der Waals surface area contributed by atoms with Crippen molar-refractivity contribution in [2.45, 2.75) is 13.8 Å². The molecule has 1 N–H and O–H groups in total. The fourth-order valence-corrected chi connectivity index (χ4v) is 1.60. The van der Waals surface area contributed by atoms with Gasteiger partial charge in [-0.1, -0.05) is 11.8 Å². The van der Waals surface area contributed by atoms with Crippen LogP contribution in [0.5, 0.6) is 0 Å². The molecule has 110 valence electrons. The maximum Gasteiger partial charge on any atom is 0.338 e. The molecule has 1 rings (SSSR count). The van der Waals surface area contributed by atoms with E-state index < -0.39 is 10.9 Å². The molecule has 1 aromatic carbocycles. The molecule has 0 heterocycles. The van der Waals surface area contributed by atoms with Crippen LogP contribution in [0.3, 0.4) is 0 Å². The molecular weight excluding hydrogens is 276 g/mol. The Morgan fingerprint density at radius 3 is 2.62 bits per heavy atom. The Morgan fingerprint density at radius 2 is 2.10 bits per heavy atom. The van der Waals surface area contributed by atoms with Crippen LogP contribution in [0, 0.1) is 28.9 Å². The third-order valence-electron chi connectivity index (χ3n) is 2.64. The first-order chi connectivity index (χ1) is 9.86. The van der Waals surface area contributed by atoms with Gasteiger partial charge in [-0.2, -0.15) is 0 Å². The Morgan fingerprint density at radius 1 is 1.43 bits per heavy atom. The molecule has 0 aliphatic carbocycles. The van der Waals surface area contributed by atoms with Gasteiger partial charge in [-0.15, -0.1) is 0 Å². The van der Waals surface area contributed by atoms with Crippen molar-refractivity contribution in [3.8, 4) is 11.8 Å². The number of ether oxygens (including phenoxy) is 1. The second-order valence-electron chi connectivity index (χ2n) is 4.13. The Balaban J connectivity index is 3.21. The van der Waals surface area contributed by atoms with Crippen LogP contribution >= 0.6 is 0 Å². The predicted octanol–water partition coefficient (Wildman–Crippen LogP) is 1.18. The van der Waals surface area contributed by atoms with Gasteiger partial charge >= 0.3 is 5.97 Å². The zero-order valence-electron chi connectivity index (χ0n) is 11.9. The van der Waals surface area contributed by atoms with Crippen molar-refractivity contribution in [2.24, 2.45) is 0 Å². The molecule has 0 spiro atoms. The van der Waals surface area contributed by atoms with Crippen LogP contribution in [-0.2, 0) is 9.53 Å². The van der Waals surface area contributed by atoms with Gasteiger partial charge in [0.2, 0.25) is 5.91 Å². The molecule has 0 aliphatic rings. The van der Waals surface area contributed by atoms with E-state index in [1.54, 1.807) is 0 Å². The van der Waals surface area contributed by atoms with Crippen molar-refractivity contribution in [2.75, 3.05) is 13.7 Å². The third kappa shape index (κ3) is 4.31. The summed E-state index contributed by atoms with van der Waals surface area (Å²) in [6, 6.07) is 2.71. The molecule has 0 bridgehead atoms. The fourth-order valence-electron chi connectivity index (χ4n) is 1.60. The molecule has 0 saturated heterocycles. The highest BCUT2D eigenvalue weighted by molar-refractivity contribution is 5.92. The number of hydrogen-bond donors (Lipinski definition) is 1. The Kier molecular flexibility index (Phi) is 5.43. The van der Waals surface area contributed by atoms with Crippen molar-refractivity contribution >= 4 is 17.6 Å². The smallest absolute Gasteiger partial charge is 0.338 e. The summed E-state index contributed by atoms with van der Waals surface area (Å²) in [7, 11) is 1.20. The molecule has 1 amide bonds. The number of nitro benzene ring substituents is 1. The monoisotopic (exact) mass is 290 g/mol. The lowest BCUT2D eigenvalue weighted by Crippen LogP contribution is -2.19. The Labute approximate surface area is 121 Å². The highest BCUT2D eigenvalue weighted by atomic mass is 16.6. The summed E-state index contributed by atoms with van der Waals surface area (Å²) in [4.78, 5) is 32.7. The van der Waals surface area contributed by atoms with Gasteiger partial charge in [0.25, 0.3) is 5.69 Å². The molecule has 0 unspecified atom stereocenters. The summed E-state index contributed by atoms with van der Waals surface area (Å²) in [6.45, 7) is 2.94. The number of hydrogen-bond acceptors (Lipinski definition) is 5. The second kappa shape index (κ2) is 7.05. The first kappa shape index (κ1) is 16.2. The molecular formula is C14H14N2O5. The molecule has 0 radical (unpaired) electrons. The minimum absolute atomic E-state index is 0.0931. The summed E-state index contributed by atoms with van der Waals surface area (Å²) in [5.41, 5.74) is 0.412. The minimum atomic E-state index is -0.666. The van der Waals surface area contributed by atoms with Gasteiger partial charge in [0.05, 0.1) is 24.1 Å². The van der Waals surface area contributed by atoms with Gasteiger partial charge in [-0.05, 0) is 13.0 Å². The number of nitro groups is 1. The van der Waals surface area contributed by atoms with Gasteiger partial charge in [-0.25, -0.2) is 4.79 Å². The Bertz CT molecular complexity index is 655. The van der Waals surface area contributed by atoms with Gasteiger partial charge in [0.1, 0.15) is 0 Å². The molecule has 0 atom stereocenters. The van der Waals surface area contributed by atoms with Crippen molar-refractivity contribution in [1.82, 2.24) is 5.32 Å². The number of carbonyl (C=O) groups is 2. The molecule has 21 heavy (non-hydrogen) atoms. The van der Waals surface area contributed by atoms with E-state index in [1.165, 1.54) is 33.1 Å². The summed E-state index contributed by atoms with van der Waals surface area (Å²) >= 11 is 0. The van der Waals surface area contributed by atoms with E-state index in [1.807, 2.05) is 0 Å². The average Bonchev–Trinajstić information content (AvgIpc) is 2.43. The fraction of sp³-hybridized carbons (Fsp3) is 0.286. The van der Waals surface area contributed by atoms with Crippen molar-refractivity contribution in [1.29, 1.82) is 0 Å². The van der Waals surface area contributed by atoms with Crippen LogP contribution < -0.4 is 5.32 Å². The lowest BCUT2D eigenvalue weighted by Gasteiger charge is -2.05. The molecule has 1 aromatic rings. The van der Waals surface area contributed by atoms with Crippen LogP contribution in [-0.4, -0.2) is 30.5 Å². The lowest BCUT2D eigenvalue weighted by molar-refractivity contribution is -0.385.